The molecule has 0 fully saturated rings. The number of carbonyl (C=O) groups excluding carboxylic acids is 2. The lowest BCUT2D eigenvalue weighted by Crippen LogP contribution is -2.57. The second kappa shape index (κ2) is 6.84. The van der Waals surface area contributed by atoms with Gasteiger partial charge >= 0.3 is 11.9 Å². The molecule has 4 nitrogen and oxygen atoms in total. The third-order valence-corrected chi connectivity index (χ3v) is 5.44. The molecule has 0 saturated carbocycles. The monoisotopic (exact) mass is 365 g/mol. The predicted octanol–water partition coefficient (Wildman–Crippen LogP) is 4.38. The number of esters is 1. The molecule has 0 aromatic heterocycles. The first-order valence-corrected chi connectivity index (χ1v) is 9.38. The number of nitrogens with zero attached hydrogens (tertiary/aromatic N) is 1. The minimum absolute atomic E-state index is 0.182. The summed E-state index contributed by atoms with van der Waals surface area (Å²) in [4.78, 5) is 26.8. The molecule has 1 amide bonds. The van der Waals surface area contributed by atoms with Crippen LogP contribution < -0.4 is 4.90 Å². The molecule has 1 unspecified atom stereocenters. The van der Waals surface area contributed by atoms with Crippen LogP contribution in [0.5, 0.6) is 0 Å². The highest BCUT2D eigenvalue weighted by Gasteiger charge is 2.49. The Morgan fingerprint density at radius 1 is 1.07 bits per heavy atom. The second-order valence-electron chi connectivity index (χ2n) is 8.07. The number of carbonyl (C=O) groups is 2. The van der Waals surface area contributed by atoms with Crippen molar-refractivity contribution in [2.75, 3.05) is 11.5 Å². The molecule has 4 heteroatoms. The van der Waals surface area contributed by atoms with Crippen LogP contribution in [0.15, 0.2) is 48.5 Å². The molecule has 0 aliphatic carbocycles. The Labute approximate surface area is 161 Å². The Morgan fingerprint density at radius 3 is 2.37 bits per heavy atom. The Kier molecular flexibility index (Phi) is 4.85. The summed E-state index contributed by atoms with van der Waals surface area (Å²) in [5.74, 6) is -1.41. The van der Waals surface area contributed by atoms with Gasteiger partial charge in [0.2, 0.25) is 0 Å². The molecule has 2 aromatic rings. The van der Waals surface area contributed by atoms with Crippen molar-refractivity contribution in [3.8, 4) is 0 Å². The molecule has 1 aliphatic rings. The molecule has 142 valence electrons. The predicted molar refractivity (Wildman–Crippen MR) is 107 cm³/mol. The van der Waals surface area contributed by atoms with E-state index in [1.165, 1.54) is 5.56 Å². The van der Waals surface area contributed by atoms with Gasteiger partial charge in [-0.15, -0.1) is 0 Å². The first-order valence-electron chi connectivity index (χ1n) is 9.38. The maximum absolute atomic E-state index is 13.0. The van der Waals surface area contributed by atoms with Gasteiger partial charge in [-0.25, -0.2) is 4.79 Å². The Bertz CT molecular complexity index is 872. The van der Waals surface area contributed by atoms with Gasteiger partial charge in [0.05, 0.1) is 6.61 Å². The minimum Gasteiger partial charge on any atom is -0.459 e. The lowest BCUT2D eigenvalue weighted by molar-refractivity contribution is -0.153. The summed E-state index contributed by atoms with van der Waals surface area (Å²) in [7, 11) is 0. The van der Waals surface area contributed by atoms with Crippen LogP contribution in [0.2, 0.25) is 0 Å². The number of hydrogen-bond acceptors (Lipinski definition) is 3. The van der Waals surface area contributed by atoms with Crippen molar-refractivity contribution in [3.63, 3.8) is 0 Å². The van der Waals surface area contributed by atoms with E-state index in [0.717, 1.165) is 16.8 Å². The third-order valence-electron chi connectivity index (χ3n) is 5.44. The fraction of sp³-hybridized carbons (Fsp3) is 0.391. The first-order chi connectivity index (χ1) is 12.7. The molecular formula is C23H27NO3. The molecule has 2 aromatic carbocycles. The summed E-state index contributed by atoms with van der Waals surface area (Å²) in [6.45, 7) is 10.1. The number of benzene rings is 2. The Balaban J connectivity index is 2.21. The maximum Gasteiger partial charge on any atom is 0.397 e. The Morgan fingerprint density at radius 2 is 1.74 bits per heavy atom. The zero-order valence-electron chi connectivity index (χ0n) is 16.7. The molecule has 1 aliphatic heterocycles. The van der Waals surface area contributed by atoms with Crippen molar-refractivity contribution in [3.05, 3.63) is 65.2 Å². The van der Waals surface area contributed by atoms with Crippen LogP contribution in [-0.2, 0) is 19.7 Å². The van der Waals surface area contributed by atoms with E-state index in [9.17, 15) is 9.59 Å². The normalized spacial score (nSPS) is 20.7. The van der Waals surface area contributed by atoms with E-state index < -0.39 is 17.4 Å². The number of amides is 1. The van der Waals surface area contributed by atoms with Gasteiger partial charge in [-0.3, -0.25) is 9.69 Å². The smallest absolute Gasteiger partial charge is 0.397 e. The van der Waals surface area contributed by atoms with Gasteiger partial charge in [0.15, 0.2) is 0 Å². The van der Waals surface area contributed by atoms with Crippen LogP contribution in [0.25, 0.3) is 0 Å². The topological polar surface area (TPSA) is 46.6 Å². The van der Waals surface area contributed by atoms with E-state index in [2.05, 4.69) is 31.2 Å². The minimum atomic E-state index is -0.804. The van der Waals surface area contributed by atoms with Crippen LogP contribution in [-0.4, -0.2) is 24.0 Å². The summed E-state index contributed by atoms with van der Waals surface area (Å²) in [6.07, 6.45) is 0.700. The standard InChI is InChI=1S/C23H27NO3/c1-6-27-21(26)20(25)24-19-14-16(2)12-13-18(19)23(5,15-22(24,3)4)17-10-8-7-9-11-17/h7-14H,6,15H2,1-5H3. The number of aryl methyl sites for hydroxylation is 1. The molecule has 0 saturated heterocycles. The van der Waals surface area contributed by atoms with Crippen LogP contribution in [0.3, 0.4) is 0 Å². The quantitative estimate of drug-likeness (QED) is 0.586. The zero-order valence-corrected chi connectivity index (χ0v) is 16.7. The zero-order chi connectivity index (χ0) is 19.8. The largest absolute Gasteiger partial charge is 0.459 e. The van der Waals surface area contributed by atoms with E-state index in [0.29, 0.717) is 6.42 Å². The molecule has 3 rings (SSSR count). The van der Waals surface area contributed by atoms with Gasteiger partial charge in [-0.2, -0.15) is 0 Å². The molecule has 0 spiro atoms. The maximum atomic E-state index is 13.0. The van der Waals surface area contributed by atoms with Gasteiger partial charge in [0.25, 0.3) is 0 Å². The van der Waals surface area contributed by atoms with Crippen molar-refractivity contribution in [2.45, 2.75) is 52.0 Å². The van der Waals surface area contributed by atoms with E-state index in [1.54, 1.807) is 11.8 Å². The first kappa shape index (κ1) is 19.2. The summed E-state index contributed by atoms with van der Waals surface area (Å²) in [5.41, 5.74) is 3.27. The van der Waals surface area contributed by atoms with Gasteiger partial charge < -0.3 is 4.74 Å². The van der Waals surface area contributed by atoms with Crippen LogP contribution in [0, 0.1) is 6.92 Å². The number of ether oxygens (including phenoxy) is 1. The number of rotatable bonds is 2. The van der Waals surface area contributed by atoms with Crippen LogP contribution in [0.1, 0.15) is 50.8 Å². The number of fused-ring (bicyclic) bond motifs is 1. The average Bonchev–Trinajstić information content (AvgIpc) is 2.61. The lowest BCUT2D eigenvalue weighted by atomic mass is 9.65. The highest BCUT2D eigenvalue weighted by molar-refractivity contribution is 6.38. The Hall–Kier alpha value is -2.62. The second-order valence-corrected chi connectivity index (χ2v) is 8.07. The van der Waals surface area contributed by atoms with E-state index in [1.807, 2.05) is 45.0 Å². The highest BCUT2D eigenvalue weighted by Crippen LogP contribution is 2.50. The molecule has 1 heterocycles. The molecule has 0 bridgehead atoms. The number of hydrogen-bond donors (Lipinski definition) is 0. The number of anilines is 1. The molecule has 0 N–H and O–H groups in total. The molecule has 0 radical (unpaired) electrons. The van der Waals surface area contributed by atoms with Crippen molar-refractivity contribution < 1.29 is 14.3 Å². The van der Waals surface area contributed by atoms with Crippen LogP contribution in [0.4, 0.5) is 5.69 Å². The van der Waals surface area contributed by atoms with Crippen molar-refractivity contribution in [1.29, 1.82) is 0 Å². The third kappa shape index (κ3) is 3.25. The van der Waals surface area contributed by atoms with Gasteiger partial charge in [-0.1, -0.05) is 49.4 Å². The van der Waals surface area contributed by atoms with Gasteiger partial charge in [0.1, 0.15) is 0 Å². The van der Waals surface area contributed by atoms with E-state index in [4.69, 9.17) is 4.74 Å². The van der Waals surface area contributed by atoms with Crippen molar-refractivity contribution in [1.82, 2.24) is 0 Å². The SMILES string of the molecule is CCOC(=O)C(=O)N1c2cc(C)ccc2C(C)(c2ccccc2)CC1(C)C. The van der Waals surface area contributed by atoms with E-state index >= 15 is 0 Å². The molecular weight excluding hydrogens is 338 g/mol. The van der Waals surface area contributed by atoms with E-state index in [-0.39, 0.29) is 12.0 Å². The van der Waals surface area contributed by atoms with Gasteiger partial charge in [0, 0.05) is 16.6 Å². The fourth-order valence-corrected chi connectivity index (χ4v) is 4.39. The molecule has 27 heavy (non-hydrogen) atoms. The summed E-state index contributed by atoms with van der Waals surface area (Å²) < 4.78 is 5.00. The van der Waals surface area contributed by atoms with Crippen molar-refractivity contribution in [2.24, 2.45) is 0 Å². The summed E-state index contributed by atoms with van der Waals surface area (Å²) in [6, 6.07) is 16.5. The fourth-order valence-electron chi connectivity index (χ4n) is 4.39. The van der Waals surface area contributed by atoms with Crippen LogP contribution >= 0.6 is 0 Å². The lowest BCUT2D eigenvalue weighted by Gasteiger charge is -2.51. The van der Waals surface area contributed by atoms with Gasteiger partial charge in [-0.05, 0) is 56.9 Å². The highest BCUT2D eigenvalue weighted by atomic mass is 16.5. The van der Waals surface area contributed by atoms with Crippen molar-refractivity contribution >= 4 is 17.6 Å². The average molecular weight is 365 g/mol. The molecule has 1 atom stereocenters. The summed E-state index contributed by atoms with van der Waals surface area (Å²) in [5, 5.41) is 0. The summed E-state index contributed by atoms with van der Waals surface area (Å²) >= 11 is 0.